The van der Waals surface area contributed by atoms with Crippen LogP contribution in [0, 0.1) is 0 Å². The normalized spacial score (nSPS) is 11.5. The summed E-state index contributed by atoms with van der Waals surface area (Å²) < 4.78 is 1.97. The first-order valence-electron chi connectivity index (χ1n) is 7.76. The molecular formula is C17H24N4O2S. The number of amides is 2. The summed E-state index contributed by atoms with van der Waals surface area (Å²) in [7, 11) is 3.57. The maximum absolute atomic E-state index is 12.2. The number of rotatable bonds is 5. The van der Waals surface area contributed by atoms with Gasteiger partial charge in [-0.1, -0.05) is 23.9 Å². The van der Waals surface area contributed by atoms with Crippen molar-refractivity contribution in [2.75, 3.05) is 19.3 Å². The number of thioether (sulfide) groups is 1. The van der Waals surface area contributed by atoms with E-state index >= 15 is 0 Å². The van der Waals surface area contributed by atoms with Crippen molar-refractivity contribution in [2.45, 2.75) is 31.5 Å². The van der Waals surface area contributed by atoms with Crippen LogP contribution in [0.1, 0.15) is 20.8 Å². The summed E-state index contributed by atoms with van der Waals surface area (Å²) in [5, 5.41) is 3.64. The molecule has 2 aromatic rings. The summed E-state index contributed by atoms with van der Waals surface area (Å²) in [6, 6.07) is 7.85. The lowest BCUT2D eigenvalue weighted by Gasteiger charge is -2.23. The van der Waals surface area contributed by atoms with Gasteiger partial charge in [0, 0.05) is 19.6 Å². The average molecular weight is 348 g/mol. The quantitative estimate of drug-likeness (QED) is 0.840. The highest BCUT2D eigenvalue weighted by Crippen LogP contribution is 2.22. The maximum atomic E-state index is 12.2. The SMILES string of the molecule is CN(CC(=O)NC(C)(C)C)C(=O)CSc1nc2ccccc2n1C. The Hall–Kier alpha value is -2.02. The van der Waals surface area contributed by atoms with Gasteiger partial charge in [0.15, 0.2) is 5.16 Å². The number of hydrogen-bond donors (Lipinski definition) is 1. The number of para-hydroxylation sites is 2. The van der Waals surface area contributed by atoms with Crippen LogP contribution < -0.4 is 5.32 Å². The molecule has 0 aliphatic rings. The van der Waals surface area contributed by atoms with E-state index in [2.05, 4.69) is 10.3 Å². The van der Waals surface area contributed by atoms with Crippen molar-refractivity contribution in [3.63, 3.8) is 0 Å². The Morgan fingerprint density at radius 1 is 1.29 bits per heavy atom. The molecule has 7 heteroatoms. The molecule has 0 bridgehead atoms. The van der Waals surface area contributed by atoms with E-state index in [4.69, 9.17) is 0 Å². The monoisotopic (exact) mass is 348 g/mol. The second kappa shape index (κ2) is 7.25. The number of benzene rings is 1. The number of likely N-dealkylation sites (N-methyl/N-ethyl adjacent to an activating group) is 1. The van der Waals surface area contributed by atoms with Crippen LogP contribution >= 0.6 is 11.8 Å². The largest absolute Gasteiger partial charge is 0.350 e. The first-order valence-corrected chi connectivity index (χ1v) is 8.75. The van der Waals surface area contributed by atoms with Gasteiger partial charge in [-0.25, -0.2) is 4.98 Å². The molecule has 0 saturated heterocycles. The Labute approximate surface area is 146 Å². The summed E-state index contributed by atoms with van der Waals surface area (Å²) in [4.78, 5) is 30.1. The van der Waals surface area contributed by atoms with Crippen LogP contribution in [0.15, 0.2) is 29.4 Å². The number of aryl methyl sites for hydroxylation is 1. The topological polar surface area (TPSA) is 67.2 Å². The van der Waals surface area contributed by atoms with Gasteiger partial charge in [0.25, 0.3) is 0 Å². The molecule has 0 spiro atoms. The van der Waals surface area contributed by atoms with Crippen molar-refractivity contribution in [2.24, 2.45) is 7.05 Å². The second-order valence-corrected chi connectivity index (χ2v) is 7.72. The lowest BCUT2D eigenvalue weighted by Crippen LogP contribution is -2.46. The fourth-order valence-corrected chi connectivity index (χ4v) is 3.18. The first kappa shape index (κ1) is 18.3. The van der Waals surface area contributed by atoms with E-state index in [0.717, 1.165) is 16.2 Å². The van der Waals surface area contributed by atoms with Crippen LogP contribution in [-0.2, 0) is 16.6 Å². The average Bonchev–Trinajstić information content (AvgIpc) is 2.79. The third kappa shape index (κ3) is 4.74. The lowest BCUT2D eigenvalue weighted by molar-refractivity contribution is -0.133. The number of nitrogens with zero attached hydrogens (tertiary/aromatic N) is 3. The number of hydrogen-bond acceptors (Lipinski definition) is 4. The van der Waals surface area contributed by atoms with E-state index in [1.165, 1.54) is 16.7 Å². The number of carbonyl (C=O) groups excluding carboxylic acids is 2. The van der Waals surface area contributed by atoms with E-state index in [1.54, 1.807) is 7.05 Å². The smallest absolute Gasteiger partial charge is 0.240 e. The molecular weight excluding hydrogens is 324 g/mol. The zero-order chi connectivity index (χ0) is 17.9. The zero-order valence-corrected chi connectivity index (χ0v) is 15.6. The third-order valence-electron chi connectivity index (χ3n) is 3.39. The van der Waals surface area contributed by atoms with Gasteiger partial charge in [0.1, 0.15) is 0 Å². The van der Waals surface area contributed by atoms with Crippen LogP contribution in [0.5, 0.6) is 0 Å². The molecule has 24 heavy (non-hydrogen) atoms. The molecule has 1 aromatic carbocycles. The highest BCUT2D eigenvalue weighted by atomic mass is 32.2. The van der Waals surface area contributed by atoms with Gasteiger partial charge in [0.2, 0.25) is 11.8 Å². The predicted octanol–water partition coefficient (Wildman–Crippen LogP) is 2.04. The molecule has 0 unspecified atom stereocenters. The van der Waals surface area contributed by atoms with Gasteiger partial charge in [0.05, 0.1) is 23.3 Å². The van der Waals surface area contributed by atoms with Gasteiger partial charge >= 0.3 is 0 Å². The number of carbonyl (C=O) groups is 2. The molecule has 1 heterocycles. The highest BCUT2D eigenvalue weighted by Gasteiger charge is 2.18. The summed E-state index contributed by atoms with van der Waals surface area (Å²) in [6.45, 7) is 5.79. The standard InChI is InChI=1S/C17H24N4O2S/c1-17(2,3)19-14(22)10-20(4)15(23)11-24-16-18-12-8-6-7-9-13(12)21(16)5/h6-9H,10-11H2,1-5H3,(H,19,22). The van der Waals surface area contributed by atoms with Crippen LogP contribution in [0.2, 0.25) is 0 Å². The molecule has 0 aliphatic carbocycles. The Morgan fingerprint density at radius 3 is 2.58 bits per heavy atom. The number of fused-ring (bicyclic) bond motifs is 1. The van der Waals surface area contributed by atoms with Crippen molar-refractivity contribution in [3.8, 4) is 0 Å². The lowest BCUT2D eigenvalue weighted by atomic mass is 10.1. The molecule has 6 nitrogen and oxygen atoms in total. The molecule has 1 N–H and O–H groups in total. The minimum atomic E-state index is -0.303. The Balaban J connectivity index is 1.92. The fraction of sp³-hybridized carbons (Fsp3) is 0.471. The van der Waals surface area contributed by atoms with E-state index in [1.807, 2.05) is 56.7 Å². The summed E-state index contributed by atoms with van der Waals surface area (Å²) in [5.74, 6) is -0.0154. The predicted molar refractivity (Wildman–Crippen MR) is 97.0 cm³/mol. The molecule has 0 fully saturated rings. The minimum Gasteiger partial charge on any atom is -0.350 e. The van der Waals surface area contributed by atoms with Crippen molar-refractivity contribution in [1.29, 1.82) is 0 Å². The van der Waals surface area contributed by atoms with Crippen molar-refractivity contribution in [1.82, 2.24) is 19.8 Å². The summed E-state index contributed by atoms with van der Waals surface area (Å²) >= 11 is 1.38. The zero-order valence-electron chi connectivity index (χ0n) is 14.8. The number of imidazole rings is 1. The van der Waals surface area contributed by atoms with E-state index < -0.39 is 0 Å². The van der Waals surface area contributed by atoms with Gasteiger partial charge in [-0.2, -0.15) is 0 Å². The van der Waals surface area contributed by atoms with E-state index in [0.29, 0.717) is 0 Å². The van der Waals surface area contributed by atoms with Crippen molar-refractivity contribution in [3.05, 3.63) is 24.3 Å². The van der Waals surface area contributed by atoms with Crippen LogP contribution in [0.3, 0.4) is 0 Å². The number of nitrogens with one attached hydrogen (secondary N) is 1. The second-order valence-electron chi connectivity index (χ2n) is 6.78. The van der Waals surface area contributed by atoms with Crippen molar-refractivity contribution >= 4 is 34.6 Å². The third-order valence-corrected chi connectivity index (χ3v) is 4.41. The van der Waals surface area contributed by atoms with E-state index in [9.17, 15) is 9.59 Å². The van der Waals surface area contributed by atoms with Crippen LogP contribution in [0.4, 0.5) is 0 Å². The summed E-state index contributed by atoms with van der Waals surface area (Å²) in [6.07, 6.45) is 0. The molecule has 130 valence electrons. The molecule has 0 aliphatic heterocycles. The molecule has 2 amide bonds. The minimum absolute atomic E-state index is 0.0548. The molecule has 1 aromatic heterocycles. The van der Waals surface area contributed by atoms with Gasteiger partial charge < -0.3 is 14.8 Å². The number of aromatic nitrogens is 2. The molecule has 0 saturated carbocycles. The van der Waals surface area contributed by atoms with Crippen molar-refractivity contribution < 1.29 is 9.59 Å². The molecule has 0 atom stereocenters. The fourth-order valence-electron chi connectivity index (χ4n) is 2.25. The Kier molecular flexibility index (Phi) is 5.54. The Morgan fingerprint density at radius 2 is 1.96 bits per heavy atom. The Bertz CT molecular complexity index is 749. The van der Waals surface area contributed by atoms with Gasteiger partial charge in [-0.3, -0.25) is 9.59 Å². The highest BCUT2D eigenvalue weighted by molar-refractivity contribution is 7.99. The van der Waals surface area contributed by atoms with Gasteiger partial charge in [-0.15, -0.1) is 0 Å². The molecule has 0 radical (unpaired) electrons. The first-order chi connectivity index (χ1) is 11.2. The van der Waals surface area contributed by atoms with Crippen LogP contribution in [0.25, 0.3) is 11.0 Å². The maximum Gasteiger partial charge on any atom is 0.240 e. The molecule has 2 rings (SSSR count). The summed E-state index contributed by atoms with van der Waals surface area (Å²) in [5.41, 5.74) is 1.64. The van der Waals surface area contributed by atoms with Gasteiger partial charge in [-0.05, 0) is 32.9 Å². The van der Waals surface area contributed by atoms with E-state index in [-0.39, 0.29) is 29.7 Å². The van der Waals surface area contributed by atoms with Crippen LogP contribution in [-0.4, -0.2) is 51.1 Å².